The average molecular weight is 498 g/mol. The summed E-state index contributed by atoms with van der Waals surface area (Å²) >= 11 is 7.10. The maximum atomic E-state index is 14.2. The Morgan fingerprint density at radius 1 is 1.36 bits per heavy atom. The van der Waals surface area contributed by atoms with E-state index < -0.39 is 17.7 Å². The van der Waals surface area contributed by atoms with Crippen LogP contribution in [0.3, 0.4) is 0 Å². The van der Waals surface area contributed by atoms with Gasteiger partial charge in [0.1, 0.15) is 10.8 Å². The van der Waals surface area contributed by atoms with Crippen LogP contribution in [0.1, 0.15) is 44.0 Å². The number of carboxylic acid groups (broad SMARTS) is 1. The molecule has 0 atom stereocenters. The summed E-state index contributed by atoms with van der Waals surface area (Å²) in [5.41, 5.74) is 0.753. The number of anilines is 2. The number of thiophene rings is 1. The van der Waals surface area contributed by atoms with Gasteiger partial charge in [0.25, 0.3) is 5.91 Å². The number of β-amino-alcohol motifs (C(OH)–C–C–N with tert-alkyl or cyclic N) is 1. The van der Waals surface area contributed by atoms with Gasteiger partial charge in [-0.2, -0.15) is 0 Å². The third-order valence-electron chi connectivity index (χ3n) is 5.89. The lowest BCUT2D eigenvalue weighted by Crippen LogP contribution is -2.40. The normalized spacial score (nSPS) is 16.9. The van der Waals surface area contributed by atoms with Crippen molar-refractivity contribution >= 4 is 45.6 Å². The highest BCUT2D eigenvalue weighted by Gasteiger charge is 2.28. The molecule has 33 heavy (non-hydrogen) atoms. The van der Waals surface area contributed by atoms with Crippen LogP contribution in [0.25, 0.3) is 0 Å². The number of aliphatic hydroxyl groups excluding tert-OH is 1. The SMILES string of the molecule is O=C(Nc1sc2c(c1C(=O)O)CCNC2)c1cc(F)c(Cl)nc1NC1CCN(CCO)CC1. The molecular weight excluding hydrogens is 473 g/mol. The van der Waals surface area contributed by atoms with Gasteiger partial charge in [0, 0.05) is 37.1 Å². The molecule has 178 valence electrons. The Morgan fingerprint density at radius 2 is 2.12 bits per heavy atom. The number of carboxylic acids is 1. The molecule has 9 nitrogen and oxygen atoms in total. The van der Waals surface area contributed by atoms with Crippen molar-refractivity contribution in [3.63, 3.8) is 0 Å². The molecule has 2 aromatic rings. The van der Waals surface area contributed by atoms with E-state index >= 15 is 0 Å². The fourth-order valence-corrected chi connectivity index (χ4v) is 5.55. The number of piperidine rings is 1. The van der Waals surface area contributed by atoms with Crippen molar-refractivity contribution in [2.24, 2.45) is 0 Å². The second-order valence-electron chi connectivity index (χ2n) is 8.03. The molecule has 4 heterocycles. The lowest BCUT2D eigenvalue weighted by atomic mass is 10.0. The topological polar surface area (TPSA) is 127 Å². The second kappa shape index (κ2) is 10.3. The summed E-state index contributed by atoms with van der Waals surface area (Å²) in [7, 11) is 0. The minimum atomic E-state index is -1.11. The number of fused-ring (bicyclic) bond motifs is 1. The molecule has 5 N–H and O–H groups in total. The summed E-state index contributed by atoms with van der Waals surface area (Å²) in [6.07, 6.45) is 2.07. The van der Waals surface area contributed by atoms with Gasteiger partial charge in [0.2, 0.25) is 0 Å². The molecule has 12 heteroatoms. The number of carbonyl (C=O) groups excluding carboxylic acids is 1. The zero-order valence-electron chi connectivity index (χ0n) is 17.8. The van der Waals surface area contributed by atoms with Crippen LogP contribution < -0.4 is 16.0 Å². The number of amides is 1. The van der Waals surface area contributed by atoms with E-state index in [0.29, 0.717) is 26.1 Å². The molecule has 2 aromatic heterocycles. The van der Waals surface area contributed by atoms with E-state index in [4.69, 9.17) is 16.7 Å². The van der Waals surface area contributed by atoms with Gasteiger partial charge in [0.15, 0.2) is 11.0 Å². The number of aromatic carboxylic acids is 1. The molecule has 0 bridgehead atoms. The number of pyridine rings is 1. The number of hydrogen-bond acceptors (Lipinski definition) is 8. The molecule has 0 aromatic carbocycles. The highest BCUT2D eigenvalue weighted by molar-refractivity contribution is 7.17. The minimum Gasteiger partial charge on any atom is -0.478 e. The summed E-state index contributed by atoms with van der Waals surface area (Å²) in [4.78, 5) is 32.1. The van der Waals surface area contributed by atoms with Gasteiger partial charge >= 0.3 is 5.97 Å². The van der Waals surface area contributed by atoms with Gasteiger partial charge in [0.05, 0.1) is 17.7 Å². The number of hydrogen-bond donors (Lipinski definition) is 5. The van der Waals surface area contributed by atoms with E-state index in [-0.39, 0.29) is 39.7 Å². The van der Waals surface area contributed by atoms with Gasteiger partial charge in [-0.3, -0.25) is 4.79 Å². The zero-order chi connectivity index (χ0) is 23.5. The smallest absolute Gasteiger partial charge is 0.339 e. The Bertz CT molecular complexity index is 1060. The Morgan fingerprint density at radius 3 is 2.82 bits per heavy atom. The van der Waals surface area contributed by atoms with Crippen molar-refractivity contribution in [1.29, 1.82) is 0 Å². The molecular formula is C21H25ClFN5O4S. The number of nitrogens with zero attached hydrogens (tertiary/aromatic N) is 2. The number of likely N-dealkylation sites (tertiary alicyclic amines) is 1. The van der Waals surface area contributed by atoms with E-state index in [1.807, 2.05) is 0 Å². The van der Waals surface area contributed by atoms with Gasteiger partial charge in [-0.1, -0.05) is 11.6 Å². The molecule has 1 amide bonds. The number of halogens is 2. The third-order valence-corrected chi connectivity index (χ3v) is 7.30. The van der Waals surface area contributed by atoms with E-state index in [1.165, 1.54) is 11.3 Å². The van der Waals surface area contributed by atoms with E-state index in [1.54, 1.807) is 0 Å². The fourth-order valence-electron chi connectivity index (χ4n) is 4.20. The molecule has 0 spiro atoms. The Labute approximate surface area is 199 Å². The third kappa shape index (κ3) is 5.28. The summed E-state index contributed by atoms with van der Waals surface area (Å²) in [5.74, 6) is -2.46. The first-order valence-corrected chi connectivity index (χ1v) is 11.9. The van der Waals surface area contributed by atoms with Crippen molar-refractivity contribution in [2.75, 3.05) is 43.4 Å². The highest BCUT2D eigenvalue weighted by Crippen LogP contribution is 2.36. The van der Waals surface area contributed by atoms with Crippen molar-refractivity contribution in [2.45, 2.75) is 31.8 Å². The molecule has 2 aliphatic heterocycles. The van der Waals surface area contributed by atoms with E-state index in [9.17, 15) is 19.1 Å². The minimum absolute atomic E-state index is 0.00442. The van der Waals surface area contributed by atoms with Crippen LogP contribution in [-0.2, 0) is 13.0 Å². The number of aromatic nitrogens is 1. The van der Waals surface area contributed by atoms with Crippen molar-refractivity contribution in [3.05, 3.63) is 38.6 Å². The largest absolute Gasteiger partial charge is 0.478 e. The molecule has 0 unspecified atom stereocenters. The van der Waals surface area contributed by atoms with Crippen LogP contribution in [0.15, 0.2) is 6.07 Å². The molecule has 4 rings (SSSR count). The molecule has 0 radical (unpaired) electrons. The van der Waals surface area contributed by atoms with Gasteiger partial charge in [-0.25, -0.2) is 14.2 Å². The average Bonchev–Trinajstić information content (AvgIpc) is 3.15. The predicted molar refractivity (Wildman–Crippen MR) is 124 cm³/mol. The first-order chi connectivity index (χ1) is 15.9. The first kappa shape index (κ1) is 23.8. The monoisotopic (exact) mass is 497 g/mol. The Balaban J connectivity index is 1.56. The number of rotatable bonds is 7. The quantitative estimate of drug-likeness (QED) is 0.369. The molecule has 2 aliphatic rings. The van der Waals surface area contributed by atoms with Crippen LogP contribution in [-0.4, -0.2) is 70.8 Å². The second-order valence-corrected chi connectivity index (χ2v) is 9.50. The molecule has 1 fully saturated rings. The standard InChI is InChI=1S/C21H25ClFN5O4S/c22-17-14(23)9-13(18(26-17)25-11-2-5-28(6-3-11)7-8-29)19(30)27-20-16(21(31)32)12-1-4-24-10-15(12)33-20/h9,11,24,29H,1-8,10H2,(H,25,26)(H,27,30)(H,31,32). The molecule has 1 saturated heterocycles. The number of nitrogens with one attached hydrogen (secondary N) is 3. The lowest BCUT2D eigenvalue weighted by Gasteiger charge is -2.32. The van der Waals surface area contributed by atoms with Crippen LogP contribution in [0.5, 0.6) is 0 Å². The maximum absolute atomic E-state index is 14.2. The molecule has 0 saturated carbocycles. The molecule has 0 aliphatic carbocycles. The summed E-state index contributed by atoms with van der Waals surface area (Å²) in [5, 5.41) is 27.7. The maximum Gasteiger partial charge on any atom is 0.339 e. The van der Waals surface area contributed by atoms with E-state index in [0.717, 1.165) is 42.4 Å². The highest BCUT2D eigenvalue weighted by atomic mass is 35.5. The van der Waals surface area contributed by atoms with Crippen LogP contribution >= 0.6 is 22.9 Å². The number of aliphatic hydroxyl groups is 1. The predicted octanol–water partition coefficient (Wildman–Crippen LogP) is 2.40. The Hall–Kier alpha value is -2.31. The zero-order valence-corrected chi connectivity index (χ0v) is 19.4. The van der Waals surface area contributed by atoms with Crippen molar-refractivity contribution < 1.29 is 24.2 Å². The summed E-state index contributed by atoms with van der Waals surface area (Å²) in [6, 6.07) is 1.01. The van der Waals surface area contributed by atoms with Gasteiger partial charge < -0.3 is 31.1 Å². The van der Waals surface area contributed by atoms with Crippen molar-refractivity contribution in [1.82, 2.24) is 15.2 Å². The lowest BCUT2D eigenvalue weighted by molar-refractivity contribution is 0.0697. The Kier molecular flexibility index (Phi) is 7.45. The van der Waals surface area contributed by atoms with Crippen LogP contribution in [0.2, 0.25) is 5.15 Å². The van der Waals surface area contributed by atoms with Gasteiger partial charge in [-0.15, -0.1) is 11.3 Å². The summed E-state index contributed by atoms with van der Waals surface area (Å²) < 4.78 is 14.2. The van der Waals surface area contributed by atoms with E-state index in [2.05, 4.69) is 25.8 Å². The summed E-state index contributed by atoms with van der Waals surface area (Å²) in [6.45, 7) is 3.44. The fraction of sp³-hybridized carbons (Fsp3) is 0.476. The van der Waals surface area contributed by atoms with Crippen molar-refractivity contribution in [3.8, 4) is 0 Å². The van der Waals surface area contributed by atoms with Crippen LogP contribution in [0, 0.1) is 5.82 Å². The number of carbonyl (C=O) groups is 2. The van der Waals surface area contributed by atoms with Gasteiger partial charge in [-0.05, 0) is 37.4 Å². The first-order valence-electron chi connectivity index (χ1n) is 10.7. The van der Waals surface area contributed by atoms with Crippen LogP contribution in [0.4, 0.5) is 15.2 Å².